The predicted molar refractivity (Wildman–Crippen MR) is 113 cm³/mol. The van der Waals surface area contributed by atoms with Crippen molar-refractivity contribution in [1.82, 2.24) is 0 Å². The van der Waals surface area contributed by atoms with Crippen LogP contribution in [0.15, 0.2) is 48.5 Å². The van der Waals surface area contributed by atoms with E-state index in [1.54, 1.807) is 36.4 Å². The molecular weight excluding hydrogens is 418 g/mol. The number of ether oxygens (including phenoxy) is 1. The summed E-state index contributed by atoms with van der Waals surface area (Å²) in [6.45, 7) is -0.417. The number of anilines is 1. The Balaban J connectivity index is 1.29. The summed E-state index contributed by atoms with van der Waals surface area (Å²) in [5.74, 6) is -1.22. The average Bonchev–Trinajstić information content (AvgIpc) is 3.46. The minimum atomic E-state index is -0.691. The van der Waals surface area contributed by atoms with E-state index < -0.39 is 12.6 Å². The monoisotopic (exact) mass is 437 g/mol. The van der Waals surface area contributed by atoms with Crippen molar-refractivity contribution in [3.05, 3.63) is 64.7 Å². The minimum absolute atomic E-state index is 0.161. The van der Waals surface area contributed by atoms with Crippen LogP contribution in [0.2, 0.25) is 5.02 Å². The van der Waals surface area contributed by atoms with Gasteiger partial charge in [0.15, 0.2) is 12.4 Å². The van der Waals surface area contributed by atoms with E-state index in [4.69, 9.17) is 16.3 Å². The van der Waals surface area contributed by atoms with E-state index in [1.807, 2.05) is 0 Å². The molecule has 3 fully saturated rings. The minimum Gasteiger partial charge on any atom is -0.454 e. The number of halogens is 1. The van der Waals surface area contributed by atoms with Crippen molar-refractivity contribution in [2.45, 2.75) is 19.3 Å². The van der Waals surface area contributed by atoms with Crippen molar-refractivity contribution in [3.8, 4) is 0 Å². The molecule has 1 saturated heterocycles. The molecule has 0 radical (unpaired) electrons. The van der Waals surface area contributed by atoms with Gasteiger partial charge < -0.3 is 4.74 Å². The smallest absolute Gasteiger partial charge is 0.338 e. The lowest BCUT2D eigenvalue weighted by Crippen LogP contribution is -2.32. The molecule has 0 unspecified atom stereocenters. The Hall–Kier alpha value is -2.99. The number of hydrogen-bond acceptors (Lipinski definition) is 5. The van der Waals surface area contributed by atoms with Gasteiger partial charge in [0.1, 0.15) is 0 Å². The molecule has 0 N–H and O–H groups in total. The van der Waals surface area contributed by atoms with E-state index in [2.05, 4.69) is 0 Å². The second kappa shape index (κ2) is 7.61. The first-order valence-corrected chi connectivity index (χ1v) is 10.8. The molecule has 2 aliphatic carbocycles. The fourth-order valence-electron chi connectivity index (χ4n) is 5.37. The highest BCUT2D eigenvalue weighted by Gasteiger charge is 2.61. The molecule has 3 aliphatic rings. The topological polar surface area (TPSA) is 80.8 Å². The van der Waals surface area contributed by atoms with Crippen LogP contribution in [-0.2, 0) is 14.3 Å². The Kier molecular flexibility index (Phi) is 4.89. The number of carbonyl (C=O) groups excluding carboxylic acids is 4. The molecule has 7 heteroatoms. The Bertz CT molecular complexity index is 1070. The summed E-state index contributed by atoms with van der Waals surface area (Å²) in [7, 11) is 0. The normalized spacial score (nSPS) is 26.3. The van der Waals surface area contributed by atoms with Crippen LogP contribution in [0.3, 0.4) is 0 Å². The first kappa shape index (κ1) is 19.9. The summed E-state index contributed by atoms with van der Waals surface area (Å²) in [5.41, 5.74) is 0.949. The van der Waals surface area contributed by atoms with Gasteiger partial charge in [-0.1, -0.05) is 17.7 Å². The molecule has 0 spiro atoms. The van der Waals surface area contributed by atoms with E-state index in [1.165, 1.54) is 17.0 Å². The summed E-state index contributed by atoms with van der Waals surface area (Å²) in [4.78, 5) is 51.9. The Morgan fingerprint density at radius 3 is 2.23 bits per heavy atom. The van der Waals surface area contributed by atoms with Gasteiger partial charge in [-0.05, 0) is 73.6 Å². The van der Waals surface area contributed by atoms with Gasteiger partial charge in [0.2, 0.25) is 11.8 Å². The number of amides is 2. The molecule has 31 heavy (non-hydrogen) atoms. The molecule has 1 aliphatic heterocycles. The number of imide groups is 1. The lowest BCUT2D eigenvalue weighted by atomic mass is 9.81. The van der Waals surface area contributed by atoms with E-state index in [9.17, 15) is 19.2 Å². The fraction of sp³-hybridized carbons (Fsp3) is 0.333. The maximum atomic E-state index is 13.0. The fourth-order valence-corrected chi connectivity index (χ4v) is 5.49. The first-order chi connectivity index (χ1) is 14.9. The SMILES string of the molecule is O=C(COC(=O)c1cccc(N2C(=O)[C@H]3[C@H]4CC[C@@H](C4)[C@@H]3C2=O)c1)c1ccc(Cl)cc1. The van der Waals surface area contributed by atoms with Crippen LogP contribution in [0.1, 0.15) is 40.0 Å². The second-order valence-electron chi connectivity index (χ2n) is 8.45. The standard InChI is InChI=1S/C24H20ClNO5/c25-17-8-6-13(7-9-17)19(27)12-31-24(30)16-2-1-3-18(11-16)26-22(28)20-14-4-5-15(10-14)21(20)23(26)29/h1-3,6-9,11,14-15,20-21H,4-5,10,12H2/t14-,15-,20-,21-/m0/s1. The number of benzene rings is 2. The highest BCUT2D eigenvalue weighted by Crippen LogP contribution is 2.56. The van der Waals surface area contributed by atoms with Gasteiger partial charge in [-0.3, -0.25) is 19.3 Å². The number of ketones is 1. The molecular formula is C24H20ClNO5. The Labute approximate surface area is 184 Å². The van der Waals surface area contributed by atoms with Gasteiger partial charge in [0, 0.05) is 10.6 Å². The molecule has 2 aromatic rings. The van der Waals surface area contributed by atoms with Gasteiger partial charge in [-0.25, -0.2) is 4.79 Å². The molecule has 4 atom stereocenters. The Morgan fingerprint density at radius 1 is 0.935 bits per heavy atom. The summed E-state index contributed by atoms with van der Waals surface area (Å²) in [5, 5.41) is 0.508. The summed E-state index contributed by atoms with van der Waals surface area (Å²) < 4.78 is 5.15. The first-order valence-electron chi connectivity index (χ1n) is 10.4. The molecule has 0 aromatic heterocycles. The zero-order valence-corrected chi connectivity index (χ0v) is 17.4. The largest absolute Gasteiger partial charge is 0.454 e. The summed E-state index contributed by atoms with van der Waals surface area (Å²) >= 11 is 5.81. The van der Waals surface area contributed by atoms with Gasteiger partial charge in [0.05, 0.1) is 23.1 Å². The quantitative estimate of drug-likeness (QED) is 0.402. The lowest BCUT2D eigenvalue weighted by molar-refractivity contribution is -0.123. The lowest BCUT2D eigenvalue weighted by Gasteiger charge is -2.19. The number of Topliss-reactive ketones (excluding diaryl/α,β-unsaturated/α-hetero) is 1. The van der Waals surface area contributed by atoms with Crippen molar-refractivity contribution < 1.29 is 23.9 Å². The average molecular weight is 438 g/mol. The molecule has 2 saturated carbocycles. The molecule has 2 aromatic carbocycles. The van der Waals surface area contributed by atoms with Crippen molar-refractivity contribution in [1.29, 1.82) is 0 Å². The van der Waals surface area contributed by atoms with Gasteiger partial charge in [-0.15, -0.1) is 0 Å². The van der Waals surface area contributed by atoms with Crippen LogP contribution in [0.25, 0.3) is 0 Å². The number of rotatable bonds is 5. The van der Waals surface area contributed by atoms with E-state index in [0.717, 1.165) is 19.3 Å². The van der Waals surface area contributed by atoms with Crippen LogP contribution < -0.4 is 4.90 Å². The maximum absolute atomic E-state index is 13.0. The predicted octanol–water partition coefficient (Wildman–Crippen LogP) is 3.92. The van der Waals surface area contributed by atoms with Crippen LogP contribution >= 0.6 is 11.6 Å². The van der Waals surface area contributed by atoms with Crippen LogP contribution in [-0.4, -0.2) is 30.2 Å². The number of carbonyl (C=O) groups is 4. The van der Waals surface area contributed by atoms with E-state index in [-0.39, 0.29) is 35.0 Å². The summed E-state index contributed by atoms with van der Waals surface area (Å²) in [6, 6.07) is 12.6. The molecule has 158 valence electrons. The highest BCUT2D eigenvalue weighted by atomic mass is 35.5. The zero-order valence-electron chi connectivity index (χ0n) is 16.6. The van der Waals surface area contributed by atoms with Gasteiger partial charge >= 0.3 is 5.97 Å². The third-order valence-electron chi connectivity index (χ3n) is 6.77. The number of fused-ring (bicyclic) bond motifs is 5. The van der Waals surface area contributed by atoms with Crippen LogP contribution in [0.4, 0.5) is 5.69 Å². The maximum Gasteiger partial charge on any atom is 0.338 e. The highest BCUT2D eigenvalue weighted by molar-refractivity contribution is 6.30. The molecule has 1 heterocycles. The number of nitrogens with zero attached hydrogens (tertiary/aromatic N) is 1. The van der Waals surface area contributed by atoms with Crippen molar-refractivity contribution in [3.63, 3.8) is 0 Å². The third-order valence-corrected chi connectivity index (χ3v) is 7.02. The third kappa shape index (κ3) is 3.35. The molecule has 2 bridgehead atoms. The molecule has 2 amide bonds. The van der Waals surface area contributed by atoms with Crippen molar-refractivity contribution >= 4 is 40.9 Å². The van der Waals surface area contributed by atoms with Gasteiger partial charge in [0.25, 0.3) is 0 Å². The molecule has 6 nitrogen and oxygen atoms in total. The second-order valence-corrected chi connectivity index (χ2v) is 8.89. The van der Waals surface area contributed by atoms with Crippen molar-refractivity contribution in [2.75, 3.05) is 11.5 Å². The summed E-state index contributed by atoms with van der Waals surface area (Å²) in [6.07, 6.45) is 2.98. The van der Waals surface area contributed by atoms with Gasteiger partial charge in [-0.2, -0.15) is 0 Å². The molecule has 5 rings (SSSR count). The zero-order chi connectivity index (χ0) is 21.7. The number of esters is 1. The Morgan fingerprint density at radius 2 is 1.58 bits per heavy atom. The van der Waals surface area contributed by atoms with E-state index >= 15 is 0 Å². The van der Waals surface area contributed by atoms with Crippen molar-refractivity contribution in [2.24, 2.45) is 23.7 Å². The van der Waals surface area contributed by atoms with Crippen LogP contribution in [0, 0.1) is 23.7 Å². The number of hydrogen-bond donors (Lipinski definition) is 0. The van der Waals surface area contributed by atoms with E-state index in [0.29, 0.717) is 28.1 Å². The van der Waals surface area contributed by atoms with Crippen LogP contribution in [0.5, 0.6) is 0 Å².